The molecule has 0 saturated heterocycles. The van der Waals surface area contributed by atoms with Gasteiger partial charge >= 0.3 is 5.97 Å². The fourth-order valence-electron chi connectivity index (χ4n) is 4.35. The van der Waals surface area contributed by atoms with E-state index in [0.29, 0.717) is 18.4 Å². The predicted octanol–water partition coefficient (Wildman–Crippen LogP) is 3.50. The van der Waals surface area contributed by atoms with Crippen LogP contribution in [-0.2, 0) is 9.59 Å². The molecule has 0 bridgehead atoms. The van der Waals surface area contributed by atoms with Crippen molar-refractivity contribution in [2.75, 3.05) is 0 Å². The lowest BCUT2D eigenvalue weighted by molar-refractivity contribution is -0.140. The van der Waals surface area contributed by atoms with Gasteiger partial charge in [0.2, 0.25) is 5.91 Å². The van der Waals surface area contributed by atoms with E-state index in [1.54, 1.807) is 0 Å². The van der Waals surface area contributed by atoms with Crippen LogP contribution in [-0.4, -0.2) is 23.0 Å². The molecule has 120 valence electrons. The summed E-state index contributed by atoms with van der Waals surface area (Å²) in [5, 5.41) is 12.3. The number of nitrogens with one attached hydrogen (secondary N) is 1. The van der Waals surface area contributed by atoms with E-state index < -0.39 is 5.97 Å². The lowest BCUT2D eigenvalue weighted by Gasteiger charge is -2.33. The maximum Gasteiger partial charge on any atom is 0.303 e. The van der Waals surface area contributed by atoms with Crippen LogP contribution in [0.1, 0.15) is 77.6 Å². The SMILES string of the molecule is CCC1CCCCC1NC(=O)CC1(CC(=O)O)CCCC1. The van der Waals surface area contributed by atoms with E-state index in [2.05, 4.69) is 12.2 Å². The molecule has 4 nitrogen and oxygen atoms in total. The zero-order valence-corrected chi connectivity index (χ0v) is 13.2. The van der Waals surface area contributed by atoms with E-state index >= 15 is 0 Å². The Balaban J connectivity index is 1.91. The molecule has 0 heterocycles. The van der Waals surface area contributed by atoms with Crippen LogP contribution >= 0.6 is 0 Å². The van der Waals surface area contributed by atoms with Crippen molar-refractivity contribution in [1.29, 1.82) is 0 Å². The number of hydrogen-bond acceptors (Lipinski definition) is 2. The number of carboxylic acid groups (broad SMARTS) is 1. The summed E-state index contributed by atoms with van der Waals surface area (Å²) < 4.78 is 0. The van der Waals surface area contributed by atoms with Gasteiger partial charge in [0, 0.05) is 12.5 Å². The number of amides is 1. The lowest BCUT2D eigenvalue weighted by atomic mass is 9.78. The largest absolute Gasteiger partial charge is 0.481 e. The van der Waals surface area contributed by atoms with E-state index in [9.17, 15) is 9.59 Å². The number of carbonyl (C=O) groups is 2. The first-order chi connectivity index (χ1) is 10.0. The first-order valence-corrected chi connectivity index (χ1v) is 8.56. The minimum absolute atomic E-state index is 0.0727. The maximum atomic E-state index is 12.4. The molecule has 1 amide bonds. The zero-order valence-electron chi connectivity index (χ0n) is 13.2. The molecule has 2 rings (SSSR count). The van der Waals surface area contributed by atoms with Gasteiger partial charge in [0.05, 0.1) is 6.42 Å². The molecule has 2 unspecified atom stereocenters. The van der Waals surface area contributed by atoms with Gasteiger partial charge < -0.3 is 10.4 Å². The Morgan fingerprint density at radius 2 is 1.76 bits per heavy atom. The van der Waals surface area contributed by atoms with Crippen molar-refractivity contribution in [2.45, 2.75) is 83.6 Å². The van der Waals surface area contributed by atoms with E-state index in [-0.39, 0.29) is 17.7 Å². The van der Waals surface area contributed by atoms with Crippen LogP contribution in [0, 0.1) is 11.3 Å². The number of carbonyl (C=O) groups excluding carboxylic acids is 1. The summed E-state index contributed by atoms with van der Waals surface area (Å²) in [6.07, 6.45) is 10.3. The summed E-state index contributed by atoms with van der Waals surface area (Å²) in [6.45, 7) is 2.19. The van der Waals surface area contributed by atoms with Gasteiger partial charge in [-0.15, -0.1) is 0 Å². The second kappa shape index (κ2) is 7.28. The average Bonchev–Trinajstić information content (AvgIpc) is 2.86. The van der Waals surface area contributed by atoms with Crippen LogP contribution in [0.5, 0.6) is 0 Å². The number of rotatable bonds is 6. The van der Waals surface area contributed by atoms with Crippen LogP contribution in [0.4, 0.5) is 0 Å². The third-order valence-corrected chi connectivity index (χ3v) is 5.51. The summed E-state index contributed by atoms with van der Waals surface area (Å²) in [4.78, 5) is 23.5. The quantitative estimate of drug-likeness (QED) is 0.788. The van der Waals surface area contributed by atoms with E-state index in [0.717, 1.165) is 38.5 Å². The molecule has 2 saturated carbocycles. The molecule has 0 aromatic heterocycles. The Morgan fingerprint density at radius 1 is 1.10 bits per heavy atom. The van der Waals surface area contributed by atoms with Crippen LogP contribution in [0.3, 0.4) is 0 Å². The van der Waals surface area contributed by atoms with E-state index in [4.69, 9.17) is 5.11 Å². The second-order valence-electron chi connectivity index (χ2n) is 7.08. The van der Waals surface area contributed by atoms with Gasteiger partial charge in [0.15, 0.2) is 0 Å². The van der Waals surface area contributed by atoms with Crippen molar-refractivity contribution in [3.8, 4) is 0 Å². The standard InChI is InChI=1S/C17H29NO3/c1-2-13-7-3-4-8-14(13)18-15(19)11-17(12-16(20)21)9-5-6-10-17/h13-14H,2-12H2,1H3,(H,18,19)(H,20,21). The van der Waals surface area contributed by atoms with Crippen molar-refractivity contribution >= 4 is 11.9 Å². The van der Waals surface area contributed by atoms with Crippen molar-refractivity contribution in [1.82, 2.24) is 5.32 Å². The average molecular weight is 295 g/mol. The monoisotopic (exact) mass is 295 g/mol. The molecule has 0 aliphatic heterocycles. The summed E-state index contributed by atoms with van der Waals surface area (Å²) in [7, 11) is 0. The molecule has 2 fully saturated rings. The first-order valence-electron chi connectivity index (χ1n) is 8.56. The lowest BCUT2D eigenvalue weighted by Crippen LogP contribution is -2.43. The molecule has 0 aromatic rings. The predicted molar refractivity (Wildman–Crippen MR) is 82.0 cm³/mol. The third kappa shape index (κ3) is 4.45. The van der Waals surface area contributed by atoms with Gasteiger partial charge in [-0.25, -0.2) is 0 Å². The molecule has 21 heavy (non-hydrogen) atoms. The second-order valence-corrected chi connectivity index (χ2v) is 7.08. The van der Waals surface area contributed by atoms with Gasteiger partial charge in [-0.2, -0.15) is 0 Å². The Labute approximate surface area is 127 Å². The van der Waals surface area contributed by atoms with E-state index in [1.165, 1.54) is 19.3 Å². The summed E-state index contributed by atoms with van der Waals surface area (Å²) in [5.74, 6) is -0.0981. The third-order valence-electron chi connectivity index (χ3n) is 5.51. The van der Waals surface area contributed by atoms with Gasteiger partial charge in [-0.1, -0.05) is 39.0 Å². The highest BCUT2D eigenvalue weighted by atomic mass is 16.4. The van der Waals surface area contributed by atoms with Gasteiger partial charge in [-0.3, -0.25) is 9.59 Å². The Morgan fingerprint density at radius 3 is 2.38 bits per heavy atom. The molecular formula is C17H29NO3. The topological polar surface area (TPSA) is 66.4 Å². The highest BCUT2D eigenvalue weighted by molar-refractivity contribution is 5.78. The number of hydrogen-bond donors (Lipinski definition) is 2. The molecule has 4 heteroatoms. The van der Waals surface area contributed by atoms with Crippen LogP contribution < -0.4 is 5.32 Å². The van der Waals surface area contributed by atoms with Gasteiger partial charge in [0.25, 0.3) is 0 Å². The van der Waals surface area contributed by atoms with E-state index in [1.807, 2.05) is 0 Å². The fraction of sp³-hybridized carbons (Fsp3) is 0.882. The van der Waals surface area contributed by atoms with Crippen LogP contribution in [0.15, 0.2) is 0 Å². The molecule has 2 atom stereocenters. The molecule has 0 spiro atoms. The van der Waals surface area contributed by atoms with Gasteiger partial charge in [0.1, 0.15) is 0 Å². The minimum Gasteiger partial charge on any atom is -0.481 e. The molecular weight excluding hydrogens is 266 g/mol. The van der Waals surface area contributed by atoms with Gasteiger partial charge in [-0.05, 0) is 37.0 Å². The fourth-order valence-corrected chi connectivity index (χ4v) is 4.35. The smallest absolute Gasteiger partial charge is 0.303 e. The minimum atomic E-state index is -0.770. The maximum absolute atomic E-state index is 12.4. The molecule has 2 aliphatic carbocycles. The summed E-state index contributed by atoms with van der Waals surface area (Å²) >= 11 is 0. The zero-order chi connectivity index (χ0) is 15.3. The highest BCUT2D eigenvalue weighted by Gasteiger charge is 2.38. The summed E-state index contributed by atoms with van der Waals surface area (Å²) in [5.41, 5.74) is -0.285. The van der Waals surface area contributed by atoms with Crippen molar-refractivity contribution < 1.29 is 14.7 Å². The number of aliphatic carboxylic acids is 1. The summed E-state index contributed by atoms with van der Waals surface area (Å²) in [6, 6.07) is 0.305. The Hall–Kier alpha value is -1.06. The molecule has 0 aromatic carbocycles. The molecule has 2 N–H and O–H groups in total. The van der Waals surface area contributed by atoms with Crippen molar-refractivity contribution in [2.24, 2.45) is 11.3 Å². The number of carboxylic acids is 1. The van der Waals surface area contributed by atoms with Crippen LogP contribution in [0.25, 0.3) is 0 Å². The Bertz CT molecular complexity index is 374. The Kier molecular flexibility index (Phi) is 5.65. The normalized spacial score (nSPS) is 28.2. The van der Waals surface area contributed by atoms with Crippen molar-refractivity contribution in [3.05, 3.63) is 0 Å². The molecule has 0 radical (unpaired) electrons. The first kappa shape index (κ1) is 16.3. The van der Waals surface area contributed by atoms with Crippen molar-refractivity contribution in [3.63, 3.8) is 0 Å². The van der Waals surface area contributed by atoms with Crippen LogP contribution in [0.2, 0.25) is 0 Å². The molecule has 2 aliphatic rings. The highest BCUT2D eigenvalue weighted by Crippen LogP contribution is 2.44.